The minimum absolute atomic E-state index is 0.234. The number of aromatic nitrogens is 3. The van der Waals surface area contributed by atoms with Gasteiger partial charge in [0.15, 0.2) is 0 Å². The van der Waals surface area contributed by atoms with Gasteiger partial charge in [-0.25, -0.2) is 0 Å². The Balaban J connectivity index is 1.82. The fourth-order valence-electron chi connectivity index (χ4n) is 2.46. The van der Waals surface area contributed by atoms with Gasteiger partial charge in [0, 0.05) is 32.2 Å². The normalized spacial score (nSPS) is 14.7. The summed E-state index contributed by atoms with van der Waals surface area (Å²) in [7, 11) is 1.94. The van der Waals surface area contributed by atoms with E-state index in [4.69, 9.17) is 16.0 Å². The maximum absolute atomic E-state index is 6.05. The summed E-state index contributed by atoms with van der Waals surface area (Å²) in [5, 5.41) is 0.234. The van der Waals surface area contributed by atoms with Crippen molar-refractivity contribution in [3.8, 4) is 0 Å². The number of hydrogen-bond donors (Lipinski definition) is 0. The number of rotatable bonds is 4. The van der Waals surface area contributed by atoms with Crippen LogP contribution in [0.15, 0.2) is 16.7 Å². The fourth-order valence-corrected chi connectivity index (χ4v) is 2.61. The Labute approximate surface area is 128 Å². The molecule has 112 valence electrons. The molecule has 0 N–H and O–H groups in total. The van der Waals surface area contributed by atoms with Crippen LogP contribution in [0.2, 0.25) is 5.28 Å². The molecule has 0 aliphatic carbocycles. The van der Waals surface area contributed by atoms with Gasteiger partial charge in [-0.2, -0.15) is 15.0 Å². The molecule has 3 heterocycles. The van der Waals surface area contributed by atoms with Crippen molar-refractivity contribution in [1.29, 1.82) is 0 Å². The summed E-state index contributed by atoms with van der Waals surface area (Å²) in [6.07, 6.45) is 4.03. The average Bonchev–Trinajstić information content (AvgIpc) is 3.11. The van der Waals surface area contributed by atoms with E-state index in [0.717, 1.165) is 24.4 Å². The summed E-state index contributed by atoms with van der Waals surface area (Å²) in [4.78, 5) is 17.1. The maximum Gasteiger partial charge on any atom is 0.231 e. The van der Waals surface area contributed by atoms with E-state index in [1.165, 1.54) is 12.8 Å². The summed E-state index contributed by atoms with van der Waals surface area (Å²) in [6, 6.07) is 1.95. The summed E-state index contributed by atoms with van der Waals surface area (Å²) in [5.41, 5.74) is 1.11. The molecule has 2 aromatic rings. The zero-order valence-corrected chi connectivity index (χ0v) is 13.0. The summed E-state index contributed by atoms with van der Waals surface area (Å²) in [6.45, 7) is 4.57. The highest BCUT2D eigenvalue weighted by molar-refractivity contribution is 6.28. The predicted molar refractivity (Wildman–Crippen MR) is 81.8 cm³/mol. The molecule has 1 aliphatic rings. The van der Waals surface area contributed by atoms with Crippen molar-refractivity contribution in [2.24, 2.45) is 0 Å². The van der Waals surface area contributed by atoms with Gasteiger partial charge in [0.1, 0.15) is 5.76 Å². The summed E-state index contributed by atoms with van der Waals surface area (Å²) >= 11 is 6.05. The topological polar surface area (TPSA) is 58.3 Å². The first-order chi connectivity index (χ1) is 10.1. The predicted octanol–water partition coefficient (Wildman–Crippen LogP) is 2.66. The molecular weight excluding hydrogens is 290 g/mol. The van der Waals surface area contributed by atoms with E-state index in [1.807, 2.05) is 24.9 Å². The summed E-state index contributed by atoms with van der Waals surface area (Å²) in [5.74, 6) is 2.15. The van der Waals surface area contributed by atoms with Crippen LogP contribution in [0.5, 0.6) is 0 Å². The van der Waals surface area contributed by atoms with Crippen molar-refractivity contribution in [2.45, 2.75) is 26.3 Å². The number of hydrogen-bond acceptors (Lipinski definition) is 6. The van der Waals surface area contributed by atoms with Gasteiger partial charge in [-0.05, 0) is 37.4 Å². The molecule has 0 radical (unpaired) electrons. The van der Waals surface area contributed by atoms with Crippen LogP contribution < -0.4 is 9.80 Å². The Morgan fingerprint density at radius 3 is 2.71 bits per heavy atom. The quantitative estimate of drug-likeness (QED) is 0.865. The lowest BCUT2D eigenvalue weighted by molar-refractivity contribution is 0.529. The Kier molecular flexibility index (Phi) is 3.96. The number of anilines is 2. The van der Waals surface area contributed by atoms with Gasteiger partial charge in [-0.15, -0.1) is 0 Å². The van der Waals surface area contributed by atoms with E-state index >= 15 is 0 Å². The van der Waals surface area contributed by atoms with Gasteiger partial charge in [0.25, 0.3) is 0 Å². The molecule has 0 unspecified atom stereocenters. The van der Waals surface area contributed by atoms with E-state index < -0.39 is 0 Å². The molecule has 0 spiro atoms. The third kappa shape index (κ3) is 3.10. The first-order valence-corrected chi connectivity index (χ1v) is 7.42. The zero-order chi connectivity index (χ0) is 14.8. The second kappa shape index (κ2) is 5.89. The van der Waals surface area contributed by atoms with Crippen molar-refractivity contribution in [2.75, 3.05) is 29.9 Å². The Bertz CT molecular complexity index is 624. The van der Waals surface area contributed by atoms with Crippen LogP contribution in [-0.4, -0.2) is 35.1 Å². The van der Waals surface area contributed by atoms with Crippen LogP contribution in [0.1, 0.15) is 24.2 Å². The standard InChI is InChI=1S/C14H18ClN5O/c1-10-11(5-8-21-10)9-19(2)13-16-12(15)17-14(18-13)20-6-3-4-7-20/h5,8H,3-4,6-7,9H2,1-2H3. The van der Waals surface area contributed by atoms with E-state index in [9.17, 15) is 0 Å². The SMILES string of the molecule is Cc1occc1CN(C)c1nc(Cl)nc(N2CCCC2)n1. The Hall–Kier alpha value is -1.82. The first-order valence-electron chi connectivity index (χ1n) is 7.04. The van der Waals surface area contributed by atoms with Crippen LogP contribution in [0.4, 0.5) is 11.9 Å². The third-order valence-electron chi connectivity index (χ3n) is 3.69. The first kappa shape index (κ1) is 14.1. The summed E-state index contributed by atoms with van der Waals surface area (Å²) < 4.78 is 5.32. The van der Waals surface area contributed by atoms with Crippen LogP contribution in [0.3, 0.4) is 0 Å². The molecule has 1 fully saturated rings. The van der Waals surface area contributed by atoms with Gasteiger partial charge in [0.2, 0.25) is 17.2 Å². The fraction of sp³-hybridized carbons (Fsp3) is 0.500. The van der Waals surface area contributed by atoms with Crippen LogP contribution >= 0.6 is 11.6 Å². The van der Waals surface area contributed by atoms with Crippen molar-refractivity contribution in [1.82, 2.24) is 15.0 Å². The molecule has 0 aromatic carbocycles. The smallest absolute Gasteiger partial charge is 0.231 e. The molecule has 3 rings (SSSR count). The second-order valence-electron chi connectivity index (χ2n) is 5.26. The highest BCUT2D eigenvalue weighted by Crippen LogP contribution is 2.21. The van der Waals surface area contributed by atoms with Gasteiger partial charge in [-0.1, -0.05) is 0 Å². The van der Waals surface area contributed by atoms with Gasteiger partial charge >= 0.3 is 0 Å². The molecule has 2 aromatic heterocycles. The highest BCUT2D eigenvalue weighted by atomic mass is 35.5. The monoisotopic (exact) mass is 307 g/mol. The molecule has 21 heavy (non-hydrogen) atoms. The molecule has 7 heteroatoms. The molecule has 6 nitrogen and oxygen atoms in total. The lowest BCUT2D eigenvalue weighted by atomic mass is 10.2. The van der Waals surface area contributed by atoms with E-state index in [-0.39, 0.29) is 5.28 Å². The largest absolute Gasteiger partial charge is 0.469 e. The molecule has 0 saturated carbocycles. The number of halogens is 1. The Morgan fingerprint density at radius 2 is 2.05 bits per heavy atom. The van der Waals surface area contributed by atoms with Crippen LogP contribution in [0, 0.1) is 6.92 Å². The lowest BCUT2D eigenvalue weighted by Crippen LogP contribution is -2.24. The van der Waals surface area contributed by atoms with Crippen molar-refractivity contribution in [3.05, 3.63) is 28.9 Å². The number of furan rings is 1. The molecule has 0 atom stereocenters. The maximum atomic E-state index is 6.05. The van der Waals surface area contributed by atoms with Crippen molar-refractivity contribution < 1.29 is 4.42 Å². The second-order valence-corrected chi connectivity index (χ2v) is 5.59. The van der Waals surface area contributed by atoms with Gasteiger partial charge < -0.3 is 14.2 Å². The minimum Gasteiger partial charge on any atom is -0.469 e. The van der Waals surface area contributed by atoms with Gasteiger partial charge in [-0.3, -0.25) is 0 Å². The Morgan fingerprint density at radius 1 is 1.29 bits per heavy atom. The van der Waals surface area contributed by atoms with E-state index in [1.54, 1.807) is 6.26 Å². The molecular formula is C14H18ClN5O. The van der Waals surface area contributed by atoms with Crippen LogP contribution in [-0.2, 0) is 6.54 Å². The lowest BCUT2D eigenvalue weighted by Gasteiger charge is -2.20. The molecule has 0 amide bonds. The minimum atomic E-state index is 0.234. The zero-order valence-electron chi connectivity index (χ0n) is 12.2. The highest BCUT2D eigenvalue weighted by Gasteiger charge is 2.18. The van der Waals surface area contributed by atoms with E-state index in [0.29, 0.717) is 18.4 Å². The molecule has 0 bridgehead atoms. The average molecular weight is 308 g/mol. The van der Waals surface area contributed by atoms with E-state index in [2.05, 4.69) is 19.9 Å². The van der Waals surface area contributed by atoms with Crippen molar-refractivity contribution in [3.63, 3.8) is 0 Å². The molecule has 1 saturated heterocycles. The van der Waals surface area contributed by atoms with Gasteiger partial charge in [0.05, 0.1) is 6.26 Å². The van der Waals surface area contributed by atoms with Crippen molar-refractivity contribution >= 4 is 23.5 Å². The molecule has 1 aliphatic heterocycles. The third-order valence-corrected chi connectivity index (χ3v) is 3.86. The number of aryl methyl sites for hydroxylation is 1. The van der Waals surface area contributed by atoms with Crippen LogP contribution in [0.25, 0.3) is 0 Å². The number of nitrogens with zero attached hydrogens (tertiary/aromatic N) is 5.